The van der Waals surface area contributed by atoms with Crippen molar-refractivity contribution in [1.29, 1.82) is 0 Å². The minimum Gasteiger partial charge on any atom is -0.377 e. The second-order valence-corrected chi connectivity index (χ2v) is 5.35. The molecule has 0 saturated carbocycles. The van der Waals surface area contributed by atoms with Crippen molar-refractivity contribution in [3.05, 3.63) is 68.7 Å². The molecule has 1 heterocycles. The molecule has 0 bridgehead atoms. The van der Waals surface area contributed by atoms with Crippen molar-refractivity contribution < 1.29 is 0 Å². The van der Waals surface area contributed by atoms with E-state index in [9.17, 15) is 4.79 Å². The molecule has 0 aliphatic carbocycles. The standard InChI is InChI=1S/C15H11Cl2N3O/c16-9-5-6-11(17)13(7-9)18-8-14-19-12-4-2-1-3-10(12)15(21)20-14/h1-7,18H,8H2,(H,19,20,21). The fourth-order valence-electron chi connectivity index (χ4n) is 2.03. The van der Waals surface area contributed by atoms with Crippen molar-refractivity contribution >= 4 is 39.8 Å². The van der Waals surface area contributed by atoms with E-state index in [-0.39, 0.29) is 5.56 Å². The number of nitrogens with one attached hydrogen (secondary N) is 2. The first-order valence-electron chi connectivity index (χ1n) is 6.30. The molecule has 1 aromatic heterocycles. The molecule has 0 radical (unpaired) electrons. The van der Waals surface area contributed by atoms with Crippen LogP contribution in [0.25, 0.3) is 10.9 Å². The Morgan fingerprint density at radius 3 is 2.81 bits per heavy atom. The molecule has 0 atom stereocenters. The minimum atomic E-state index is -0.158. The van der Waals surface area contributed by atoms with Gasteiger partial charge in [0.25, 0.3) is 5.56 Å². The number of rotatable bonds is 3. The molecule has 0 saturated heterocycles. The van der Waals surface area contributed by atoms with E-state index < -0.39 is 0 Å². The Labute approximate surface area is 130 Å². The highest BCUT2D eigenvalue weighted by Crippen LogP contribution is 2.25. The maximum atomic E-state index is 12.0. The third-order valence-electron chi connectivity index (χ3n) is 3.04. The molecule has 4 nitrogen and oxygen atoms in total. The van der Waals surface area contributed by atoms with Crippen molar-refractivity contribution in [3.63, 3.8) is 0 Å². The van der Waals surface area contributed by atoms with E-state index >= 15 is 0 Å². The number of hydrogen-bond donors (Lipinski definition) is 2. The zero-order valence-corrected chi connectivity index (χ0v) is 12.4. The van der Waals surface area contributed by atoms with Gasteiger partial charge in [-0.2, -0.15) is 0 Å². The first-order valence-corrected chi connectivity index (χ1v) is 7.06. The second kappa shape index (κ2) is 5.76. The molecule has 0 aliphatic rings. The summed E-state index contributed by atoms with van der Waals surface area (Å²) < 4.78 is 0. The van der Waals surface area contributed by atoms with Gasteiger partial charge in [-0.15, -0.1) is 0 Å². The first kappa shape index (κ1) is 13.9. The quantitative estimate of drug-likeness (QED) is 0.771. The zero-order chi connectivity index (χ0) is 14.8. The number of H-pyrrole nitrogens is 1. The van der Waals surface area contributed by atoms with Gasteiger partial charge in [0.2, 0.25) is 0 Å². The maximum absolute atomic E-state index is 12.0. The number of hydrogen-bond acceptors (Lipinski definition) is 3. The Morgan fingerprint density at radius 2 is 1.95 bits per heavy atom. The van der Waals surface area contributed by atoms with E-state index in [1.165, 1.54) is 0 Å². The second-order valence-electron chi connectivity index (χ2n) is 4.51. The van der Waals surface area contributed by atoms with Gasteiger partial charge < -0.3 is 10.3 Å². The summed E-state index contributed by atoms with van der Waals surface area (Å²) in [6, 6.07) is 12.4. The molecule has 106 valence electrons. The van der Waals surface area contributed by atoms with E-state index in [0.29, 0.717) is 39.0 Å². The van der Waals surface area contributed by atoms with Gasteiger partial charge in [0.05, 0.1) is 28.2 Å². The summed E-state index contributed by atoms with van der Waals surface area (Å²) >= 11 is 12.0. The van der Waals surface area contributed by atoms with Crippen molar-refractivity contribution in [2.75, 3.05) is 5.32 Å². The summed E-state index contributed by atoms with van der Waals surface area (Å²) in [5.74, 6) is 0.537. The highest BCUT2D eigenvalue weighted by atomic mass is 35.5. The van der Waals surface area contributed by atoms with Crippen LogP contribution in [-0.2, 0) is 6.54 Å². The minimum absolute atomic E-state index is 0.158. The number of para-hydroxylation sites is 1. The molecule has 0 amide bonds. The van der Waals surface area contributed by atoms with E-state index in [0.717, 1.165) is 0 Å². The van der Waals surface area contributed by atoms with Gasteiger partial charge in [-0.3, -0.25) is 4.79 Å². The average molecular weight is 320 g/mol. The average Bonchev–Trinajstić information content (AvgIpc) is 2.48. The van der Waals surface area contributed by atoms with Crippen LogP contribution in [0, 0.1) is 0 Å². The molecular weight excluding hydrogens is 309 g/mol. The van der Waals surface area contributed by atoms with Crippen LogP contribution in [-0.4, -0.2) is 9.97 Å². The first-order chi connectivity index (χ1) is 10.1. The van der Waals surface area contributed by atoms with Gasteiger partial charge in [-0.1, -0.05) is 35.3 Å². The maximum Gasteiger partial charge on any atom is 0.258 e. The molecule has 0 fully saturated rings. The van der Waals surface area contributed by atoms with Crippen LogP contribution in [0.1, 0.15) is 5.82 Å². The van der Waals surface area contributed by atoms with Crippen LogP contribution in [0.4, 0.5) is 5.69 Å². The summed E-state index contributed by atoms with van der Waals surface area (Å²) in [7, 11) is 0. The van der Waals surface area contributed by atoms with Crippen molar-refractivity contribution in [2.45, 2.75) is 6.54 Å². The highest BCUT2D eigenvalue weighted by Gasteiger charge is 2.05. The molecule has 21 heavy (non-hydrogen) atoms. The molecule has 2 N–H and O–H groups in total. The van der Waals surface area contributed by atoms with Gasteiger partial charge in [0.1, 0.15) is 5.82 Å². The summed E-state index contributed by atoms with van der Waals surface area (Å²) in [6.45, 7) is 0.347. The number of anilines is 1. The lowest BCUT2D eigenvalue weighted by Gasteiger charge is -2.08. The zero-order valence-electron chi connectivity index (χ0n) is 10.9. The predicted octanol–water partition coefficient (Wildman–Crippen LogP) is 3.84. The number of aromatic nitrogens is 2. The lowest BCUT2D eigenvalue weighted by molar-refractivity contribution is 0.953. The van der Waals surface area contributed by atoms with Gasteiger partial charge in [-0.05, 0) is 30.3 Å². The van der Waals surface area contributed by atoms with Gasteiger partial charge in [0, 0.05) is 5.02 Å². The van der Waals surface area contributed by atoms with E-state index in [2.05, 4.69) is 15.3 Å². The Hall–Kier alpha value is -2.04. The summed E-state index contributed by atoms with van der Waals surface area (Å²) in [5, 5.41) is 4.83. The topological polar surface area (TPSA) is 57.8 Å². The van der Waals surface area contributed by atoms with Crippen molar-refractivity contribution in [3.8, 4) is 0 Å². The van der Waals surface area contributed by atoms with Crippen LogP contribution in [0.15, 0.2) is 47.3 Å². The van der Waals surface area contributed by atoms with Gasteiger partial charge in [0.15, 0.2) is 0 Å². The third kappa shape index (κ3) is 3.01. The van der Waals surface area contributed by atoms with Gasteiger partial charge >= 0.3 is 0 Å². The smallest absolute Gasteiger partial charge is 0.258 e. The molecule has 2 aromatic carbocycles. The van der Waals surface area contributed by atoms with Crippen LogP contribution < -0.4 is 10.9 Å². The van der Waals surface area contributed by atoms with Crippen molar-refractivity contribution in [2.24, 2.45) is 0 Å². The molecule has 0 aliphatic heterocycles. The van der Waals surface area contributed by atoms with Gasteiger partial charge in [-0.25, -0.2) is 4.98 Å². The molecule has 3 aromatic rings. The Morgan fingerprint density at radius 1 is 1.14 bits per heavy atom. The molecule has 0 spiro atoms. The number of benzene rings is 2. The van der Waals surface area contributed by atoms with Crippen LogP contribution in [0.2, 0.25) is 10.0 Å². The lowest BCUT2D eigenvalue weighted by Crippen LogP contribution is -2.14. The van der Waals surface area contributed by atoms with Crippen molar-refractivity contribution in [1.82, 2.24) is 9.97 Å². The van der Waals surface area contributed by atoms with E-state index in [4.69, 9.17) is 23.2 Å². The van der Waals surface area contributed by atoms with E-state index in [1.807, 2.05) is 12.1 Å². The number of halogens is 2. The van der Waals surface area contributed by atoms with Crippen LogP contribution >= 0.6 is 23.2 Å². The highest BCUT2D eigenvalue weighted by molar-refractivity contribution is 6.35. The number of fused-ring (bicyclic) bond motifs is 1. The largest absolute Gasteiger partial charge is 0.377 e. The molecule has 6 heteroatoms. The molecular formula is C15H11Cl2N3O. The normalized spacial score (nSPS) is 10.8. The van der Waals surface area contributed by atoms with Crippen LogP contribution in [0.5, 0.6) is 0 Å². The molecule has 3 rings (SSSR count). The van der Waals surface area contributed by atoms with Crippen LogP contribution in [0.3, 0.4) is 0 Å². The fraction of sp³-hybridized carbons (Fsp3) is 0.0667. The molecule has 0 unspecified atom stereocenters. The third-order valence-corrected chi connectivity index (χ3v) is 3.60. The SMILES string of the molecule is O=c1[nH]c(CNc2cc(Cl)ccc2Cl)nc2ccccc12. The summed E-state index contributed by atoms with van der Waals surface area (Å²) in [4.78, 5) is 19.1. The predicted molar refractivity (Wildman–Crippen MR) is 86.2 cm³/mol. The summed E-state index contributed by atoms with van der Waals surface area (Å²) in [5.41, 5.74) is 1.20. The lowest BCUT2D eigenvalue weighted by atomic mass is 10.2. The fourth-order valence-corrected chi connectivity index (χ4v) is 2.39. The van der Waals surface area contributed by atoms with E-state index in [1.54, 1.807) is 30.3 Å². The monoisotopic (exact) mass is 319 g/mol. The number of nitrogens with zero attached hydrogens (tertiary/aromatic N) is 1. The number of aromatic amines is 1. The Balaban J connectivity index is 1.88. The Bertz CT molecular complexity index is 861. The summed E-state index contributed by atoms with van der Waals surface area (Å²) in [6.07, 6.45) is 0. The Kier molecular flexibility index (Phi) is 3.82.